The molecule has 1 rings (SSSR count). The highest BCUT2D eigenvalue weighted by Gasteiger charge is 2.40. The lowest BCUT2D eigenvalue weighted by atomic mass is 9.81. The van der Waals surface area contributed by atoms with E-state index in [-0.39, 0.29) is 19.4 Å². The second kappa shape index (κ2) is 5.88. The van der Waals surface area contributed by atoms with Gasteiger partial charge in [-0.15, -0.1) is 0 Å². The summed E-state index contributed by atoms with van der Waals surface area (Å²) in [5, 5.41) is 0. The van der Waals surface area contributed by atoms with Gasteiger partial charge in [0.1, 0.15) is 12.1 Å². The highest BCUT2D eigenvalue weighted by Crippen LogP contribution is 2.30. The fourth-order valence-electron chi connectivity index (χ4n) is 1.96. The maximum atomic E-state index is 12.0. The number of alkyl halides is 3. The van der Waals surface area contributed by atoms with Crippen LogP contribution in [0.1, 0.15) is 32.6 Å². The van der Waals surface area contributed by atoms with Crippen LogP contribution in [0, 0.1) is 0 Å². The van der Waals surface area contributed by atoms with Crippen molar-refractivity contribution in [1.82, 2.24) is 0 Å². The number of hydrogen-bond acceptors (Lipinski definition) is 4. The Labute approximate surface area is 104 Å². The minimum atomic E-state index is -4.32. The van der Waals surface area contributed by atoms with Gasteiger partial charge in [-0.2, -0.15) is 13.2 Å². The fraction of sp³-hybridized carbons (Fsp3) is 0.909. The third-order valence-electron chi connectivity index (χ3n) is 2.99. The number of halogens is 3. The van der Waals surface area contributed by atoms with Crippen LogP contribution >= 0.6 is 0 Å². The van der Waals surface area contributed by atoms with Gasteiger partial charge < -0.3 is 15.2 Å². The van der Waals surface area contributed by atoms with E-state index in [0.717, 1.165) is 0 Å². The van der Waals surface area contributed by atoms with Crippen molar-refractivity contribution in [2.24, 2.45) is 5.73 Å². The molecule has 0 aromatic carbocycles. The first-order valence-corrected chi connectivity index (χ1v) is 5.91. The van der Waals surface area contributed by atoms with Gasteiger partial charge in [0, 0.05) is 0 Å². The summed E-state index contributed by atoms with van der Waals surface area (Å²) in [6.07, 6.45) is -3.56. The van der Waals surface area contributed by atoms with Crippen LogP contribution < -0.4 is 5.73 Å². The van der Waals surface area contributed by atoms with Crippen LogP contribution in [0.4, 0.5) is 13.2 Å². The van der Waals surface area contributed by atoms with Crippen LogP contribution in [-0.2, 0) is 14.3 Å². The van der Waals surface area contributed by atoms with Gasteiger partial charge in [0.05, 0.1) is 12.7 Å². The predicted molar refractivity (Wildman–Crippen MR) is 57.8 cm³/mol. The highest BCUT2D eigenvalue weighted by atomic mass is 19.4. The number of rotatable bonds is 4. The molecular weight excluding hydrogens is 251 g/mol. The molecule has 0 spiro atoms. The fourth-order valence-corrected chi connectivity index (χ4v) is 1.96. The Morgan fingerprint density at radius 2 is 1.94 bits per heavy atom. The van der Waals surface area contributed by atoms with Crippen molar-refractivity contribution in [1.29, 1.82) is 0 Å². The molecule has 0 saturated heterocycles. The lowest BCUT2D eigenvalue weighted by Gasteiger charge is -2.34. The van der Waals surface area contributed by atoms with Crippen molar-refractivity contribution in [2.45, 2.75) is 50.4 Å². The summed E-state index contributed by atoms with van der Waals surface area (Å²) in [6.45, 7) is 0.666. The summed E-state index contributed by atoms with van der Waals surface area (Å²) >= 11 is 0. The molecule has 106 valence electrons. The maximum Gasteiger partial charge on any atom is 0.411 e. The first-order chi connectivity index (χ1) is 8.27. The molecule has 0 unspecified atom stereocenters. The Balaban J connectivity index is 2.38. The molecule has 1 aliphatic carbocycles. The van der Waals surface area contributed by atoms with E-state index < -0.39 is 30.4 Å². The van der Waals surface area contributed by atoms with Gasteiger partial charge in [-0.3, -0.25) is 4.79 Å². The molecule has 7 heteroatoms. The third-order valence-corrected chi connectivity index (χ3v) is 2.99. The second-order valence-corrected chi connectivity index (χ2v) is 4.50. The van der Waals surface area contributed by atoms with Crippen molar-refractivity contribution in [2.75, 3.05) is 13.2 Å². The predicted octanol–water partition coefficient (Wildman–Crippen LogP) is 1.77. The summed E-state index contributed by atoms with van der Waals surface area (Å²) in [5.41, 5.74) is 4.81. The summed E-state index contributed by atoms with van der Waals surface area (Å²) in [5.74, 6) is -0.487. The SMILES string of the molecule is CCOC(=O)C1(N)CCC(OCC(F)(F)F)CC1. The average Bonchev–Trinajstić information content (AvgIpc) is 2.27. The van der Waals surface area contributed by atoms with Crippen LogP contribution in [0.2, 0.25) is 0 Å². The average molecular weight is 269 g/mol. The van der Waals surface area contributed by atoms with Gasteiger partial charge in [0.2, 0.25) is 0 Å². The summed E-state index contributed by atoms with van der Waals surface area (Å²) in [6, 6.07) is 0. The Bertz CT molecular complexity index is 286. The Morgan fingerprint density at radius 3 is 2.39 bits per heavy atom. The molecule has 2 N–H and O–H groups in total. The van der Waals surface area contributed by atoms with E-state index in [1.54, 1.807) is 6.92 Å². The van der Waals surface area contributed by atoms with E-state index in [1.807, 2.05) is 0 Å². The molecule has 0 aliphatic heterocycles. The number of carbonyl (C=O) groups excluding carboxylic acids is 1. The quantitative estimate of drug-likeness (QED) is 0.790. The second-order valence-electron chi connectivity index (χ2n) is 4.50. The lowest BCUT2D eigenvalue weighted by molar-refractivity contribution is -0.190. The molecule has 0 radical (unpaired) electrons. The molecule has 1 fully saturated rings. The molecule has 0 aromatic heterocycles. The van der Waals surface area contributed by atoms with Crippen molar-refractivity contribution in [3.05, 3.63) is 0 Å². The number of hydrogen-bond donors (Lipinski definition) is 1. The standard InChI is InChI=1S/C11H18F3NO3/c1-2-17-9(16)10(15)5-3-8(4-6-10)18-7-11(12,13)14/h8H,2-7,15H2,1H3. The van der Waals surface area contributed by atoms with E-state index in [9.17, 15) is 18.0 Å². The first-order valence-electron chi connectivity index (χ1n) is 5.91. The molecule has 0 amide bonds. The molecule has 18 heavy (non-hydrogen) atoms. The number of nitrogens with two attached hydrogens (primary N) is 1. The van der Waals surface area contributed by atoms with E-state index in [1.165, 1.54) is 0 Å². The van der Waals surface area contributed by atoms with Gasteiger partial charge in [-0.1, -0.05) is 0 Å². The molecule has 0 heterocycles. The molecule has 0 bridgehead atoms. The van der Waals surface area contributed by atoms with Gasteiger partial charge >= 0.3 is 12.1 Å². The zero-order valence-electron chi connectivity index (χ0n) is 10.3. The Morgan fingerprint density at radius 1 is 1.39 bits per heavy atom. The maximum absolute atomic E-state index is 12.0. The van der Waals surface area contributed by atoms with Crippen LogP contribution in [0.15, 0.2) is 0 Å². The number of carbonyl (C=O) groups is 1. The van der Waals surface area contributed by atoms with E-state index in [0.29, 0.717) is 12.8 Å². The largest absolute Gasteiger partial charge is 0.465 e. The normalized spacial score (nSPS) is 29.1. The Kier molecular flexibility index (Phi) is 4.98. The summed E-state index contributed by atoms with van der Waals surface area (Å²) in [4.78, 5) is 11.6. The molecule has 0 aromatic rings. The highest BCUT2D eigenvalue weighted by molar-refractivity contribution is 5.80. The van der Waals surface area contributed by atoms with Crippen molar-refractivity contribution < 1.29 is 27.4 Å². The van der Waals surface area contributed by atoms with Crippen molar-refractivity contribution in [3.63, 3.8) is 0 Å². The molecule has 4 nitrogen and oxygen atoms in total. The third kappa shape index (κ3) is 4.45. The smallest absolute Gasteiger partial charge is 0.411 e. The minimum Gasteiger partial charge on any atom is -0.465 e. The van der Waals surface area contributed by atoms with Gasteiger partial charge in [-0.05, 0) is 32.6 Å². The number of ether oxygens (including phenoxy) is 2. The first kappa shape index (κ1) is 15.2. The monoisotopic (exact) mass is 269 g/mol. The molecule has 1 saturated carbocycles. The number of esters is 1. The zero-order chi connectivity index (χ0) is 13.8. The van der Waals surface area contributed by atoms with Crippen LogP contribution in [0.3, 0.4) is 0 Å². The topological polar surface area (TPSA) is 61.5 Å². The van der Waals surface area contributed by atoms with E-state index >= 15 is 0 Å². The molecule has 1 aliphatic rings. The molecule has 0 atom stereocenters. The van der Waals surface area contributed by atoms with Crippen molar-refractivity contribution in [3.8, 4) is 0 Å². The minimum absolute atomic E-state index is 0.242. The summed E-state index contributed by atoms with van der Waals surface area (Å²) in [7, 11) is 0. The van der Waals surface area contributed by atoms with Crippen molar-refractivity contribution >= 4 is 5.97 Å². The lowest BCUT2D eigenvalue weighted by Crippen LogP contribution is -2.52. The van der Waals surface area contributed by atoms with Crippen LogP contribution in [-0.4, -0.2) is 37.0 Å². The zero-order valence-corrected chi connectivity index (χ0v) is 10.3. The van der Waals surface area contributed by atoms with E-state index in [2.05, 4.69) is 0 Å². The van der Waals surface area contributed by atoms with Gasteiger partial charge in [0.25, 0.3) is 0 Å². The van der Waals surface area contributed by atoms with Gasteiger partial charge in [0.15, 0.2) is 0 Å². The Hall–Kier alpha value is -0.820. The van der Waals surface area contributed by atoms with Crippen LogP contribution in [0.5, 0.6) is 0 Å². The van der Waals surface area contributed by atoms with Crippen LogP contribution in [0.25, 0.3) is 0 Å². The summed E-state index contributed by atoms with van der Waals surface area (Å²) < 4.78 is 45.5. The van der Waals surface area contributed by atoms with Gasteiger partial charge in [-0.25, -0.2) is 0 Å². The van der Waals surface area contributed by atoms with E-state index in [4.69, 9.17) is 15.2 Å². The molecular formula is C11H18F3NO3.